The molecule has 0 unspecified atom stereocenters. The molecule has 27 heavy (non-hydrogen) atoms. The van der Waals surface area contributed by atoms with Gasteiger partial charge in [0.05, 0.1) is 5.56 Å². The van der Waals surface area contributed by atoms with E-state index < -0.39 is 0 Å². The van der Waals surface area contributed by atoms with Gasteiger partial charge in [-0.25, -0.2) is 0 Å². The topological polar surface area (TPSA) is 78.9 Å². The Labute approximate surface area is 158 Å². The highest BCUT2D eigenvalue weighted by Crippen LogP contribution is 2.21. The standard InChI is InChI=1S/C21H24N2O4/c24-17-11-9-16(10-12-17)22-21(26)18-7-3-4-8-19(18)27-15-20(25)23-13-5-1-2-6-14-23/h3-4,7-12,24H,1-2,5-6,13-15H2,(H,22,26). The average Bonchev–Trinajstić information content (AvgIpc) is 2.97. The van der Waals surface area contributed by atoms with Crippen LogP contribution in [0.25, 0.3) is 0 Å². The first-order chi connectivity index (χ1) is 13.1. The van der Waals surface area contributed by atoms with Gasteiger partial charge in [-0.3, -0.25) is 9.59 Å². The minimum Gasteiger partial charge on any atom is -0.508 e. The predicted octanol–water partition coefficient (Wildman–Crippen LogP) is 3.43. The molecule has 0 saturated carbocycles. The lowest BCUT2D eigenvalue weighted by molar-refractivity contribution is -0.133. The fraction of sp³-hybridized carbons (Fsp3) is 0.333. The maximum Gasteiger partial charge on any atom is 0.260 e. The van der Waals surface area contributed by atoms with Crippen LogP contribution in [0.1, 0.15) is 36.0 Å². The van der Waals surface area contributed by atoms with Crippen LogP contribution in [0.2, 0.25) is 0 Å². The molecule has 2 N–H and O–H groups in total. The van der Waals surface area contributed by atoms with Crippen LogP contribution in [0.4, 0.5) is 5.69 Å². The van der Waals surface area contributed by atoms with E-state index in [4.69, 9.17) is 4.74 Å². The molecular formula is C21H24N2O4. The Morgan fingerprint density at radius 3 is 2.33 bits per heavy atom. The van der Waals surface area contributed by atoms with E-state index in [0.29, 0.717) is 17.0 Å². The zero-order valence-corrected chi connectivity index (χ0v) is 15.2. The smallest absolute Gasteiger partial charge is 0.260 e. The Kier molecular flexibility index (Phi) is 6.30. The van der Waals surface area contributed by atoms with Gasteiger partial charge in [0.2, 0.25) is 0 Å². The van der Waals surface area contributed by atoms with Crippen LogP contribution in [-0.2, 0) is 4.79 Å². The monoisotopic (exact) mass is 368 g/mol. The second kappa shape index (κ2) is 9.07. The molecule has 0 aromatic heterocycles. The zero-order chi connectivity index (χ0) is 19.1. The summed E-state index contributed by atoms with van der Waals surface area (Å²) >= 11 is 0. The summed E-state index contributed by atoms with van der Waals surface area (Å²) in [5.41, 5.74) is 0.919. The van der Waals surface area contributed by atoms with E-state index in [1.807, 2.05) is 4.90 Å². The van der Waals surface area contributed by atoms with Crippen molar-refractivity contribution in [3.05, 3.63) is 54.1 Å². The number of likely N-dealkylation sites (tertiary alicyclic amines) is 1. The number of carbonyl (C=O) groups excluding carboxylic acids is 2. The van der Waals surface area contributed by atoms with Crippen molar-refractivity contribution >= 4 is 17.5 Å². The Hall–Kier alpha value is -3.02. The Morgan fingerprint density at radius 1 is 0.963 bits per heavy atom. The number of hydrogen-bond donors (Lipinski definition) is 2. The highest BCUT2D eigenvalue weighted by Gasteiger charge is 2.18. The van der Waals surface area contributed by atoms with Crippen LogP contribution < -0.4 is 10.1 Å². The van der Waals surface area contributed by atoms with Gasteiger partial charge in [0.1, 0.15) is 11.5 Å². The Morgan fingerprint density at radius 2 is 1.63 bits per heavy atom. The van der Waals surface area contributed by atoms with Crippen molar-refractivity contribution < 1.29 is 19.4 Å². The van der Waals surface area contributed by atoms with Crippen LogP contribution in [0.5, 0.6) is 11.5 Å². The minimum absolute atomic E-state index is 0.0503. The van der Waals surface area contributed by atoms with E-state index in [2.05, 4.69) is 5.32 Å². The van der Waals surface area contributed by atoms with E-state index >= 15 is 0 Å². The number of amides is 2. The lowest BCUT2D eigenvalue weighted by Gasteiger charge is -2.20. The Bertz CT molecular complexity index is 781. The first-order valence-electron chi connectivity index (χ1n) is 9.23. The van der Waals surface area contributed by atoms with Gasteiger partial charge in [-0.15, -0.1) is 0 Å². The highest BCUT2D eigenvalue weighted by atomic mass is 16.5. The van der Waals surface area contributed by atoms with Gasteiger partial charge in [-0.2, -0.15) is 0 Å². The number of ether oxygens (including phenoxy) is 1. The van der Waals surface area contributed by atoms with Gasteiger partial charge in [-0.05, 0) is 49.2 Å². The third-order valence-electron chi connectivity index (χ3n) is 4.57. The minimum atomic E-state index is -0.335. The Balaban J connectivity index is 1.63. The number of carbonyl (C=O) groups is 2. The van der Waals surface area contributed by atoms with Gasteiger partial charge in [0.25, 0.3) is 11.8 Å². The summed E-state index contributed by atoms with van der Waals surface area (Å²) in [4.78, 5) is 26.8. The fourth-order valence-corrected chi connectivity index (χ4v) is 3.07. The molecule has 1 fully saturated rings. The van der Waals surface area contributed by atoms with Crippen LogP contribution >= 0.6 is 0 Å². The summed E-state index contributed by atoms with van der Waals surface area (Å²) in [6.45, 7) is 1.46. The zero-order valence-electron chi connectivity index (χ0n) is 15.2. The number of aromatic hydroxyl groups is 1. The van der Waals surface area contributed by atoms with Crippen LogP contribution in [0.15, 0.2) is 48.5 Å². The quantitative estimate of drug-likeness (QED) is 0.793. The summed E-state index contributed by atoms with van der Waals surface area (Å²) in [7, 11) is 0. The first kappa shape index (κ1) is 18.8. The molecule has 2 amide bonds. The number of nitrogens with one attached hydrogen (secondary N) is 1. The molecule has 6 nitrogen and oxygen atoms in total. The van der Waals surface area contributed by atoms with Crippen molar-refractivity contribution in [3.8, 4) is 11.5 Å². The molecule has 142 valence electrons. The highest BCUT2D eigenvalue weighted by molar-refractivity contribution is 6.06. The van der Waals surface area contributed by atoms with E-state index in [0.717, 1.165) is 38.8 Å². The number of phenols is 1. The SMILES string of the molecule is O=C(Nc1ccc(O)cc1)c1ccccc1OCC(=O)N1CCCCCC1. The molecule has 2 aromatic rings. The van der Waals surface area contributed by atoms with E-state index in [1.54, 1.807) is 36.4 Å². The van der Waals surface area contributed by atoms with Gasteiger partial charge >= 0.3 is 0 Å². The summed E-state index contributed by atoms with van der Waals surface area (Å²) < 4.78 is 5.68. The summed E-state index contributed by atoms with van der Waals surface area (Å²) in [6, 6.07) is 13.1. The van der Waals surface area contributed by atoms with Gasteiger partial charge in [0, 0.05) is 18.8 Å². The van der Waals surface area contributed by atoms with Crippen LogP contribution in [0, 0.1) is 0 Å². The summed E-state index contributed by atoms with van der Waals surface area (Å²) in [5, 5.41) is 12.1. The third kappa shape index (κ3) is 5.23. The van der Waals surface area contributed by atoms with Crippen molar-refractivity contribution in [1.29, 1.82) is 0 Å². The van der Waals surface area contributed by atoms with Crippen LogP contribution in [0.3, 0.4) is 0 Å². The molecule has 3 rings (SSSR count). The molecule has 1 aliphatic rings. The van der Waals surface area contributed by atoms with E-state index in [9.17, 15) is 14.7 Å². The van der Waals surface area contributed by atoms with Crippen molar-refractivity contribution in [3.63, 3.8) is 0 Å². The van der Waals surface area contributed by atoms with Gasteiger partial charge < -0.3 is 20.1 Å². The largest absolute Gasteiger partial charge is 0.508 e. The molecule has 1 heterocycles. The van der Waals surface area contributed by atoms with E-state index in [1.165, 1.54) is 12.1 Å². The predicted molar refractivity (Wildman–Crippen MR) is 103 cm³/mol. The molecule has 0 radical (unpaired) electrons. The number of rotatable bonds is 5. The maximum atomic E-state index is 12.6. The summed E-state index contributed by atoms with van der Waals surface area (Å²) in [6.07, 6.45) is 4.37. The molecule has 0 aliphatic carbocycles. The first-order valence-corrected chi connectivity index (χ1v) is 9.23. The fourth-order valence-electron chi connectivity index (χ4n) is 3.07. The lowest BCUT2D eigenvalue weighted by atomic mass is 10.2. The van der Waals surface area contributed by atoms with Crippen LogP contribution in [-0.4, -0.2) is 41.5 Å². The lowest BCUT2D eigenvalue weighted by Crippen LogP contribution is -2.35. The number of hydrogen-bond acceptors (Lipinski definition) is 4. The number of benzene rings is 2. The molecule has 2 aromatic carbocycles. The van der Waals surface area contributed by atoms with Gasteiger partial charge in [0.15, 0.2) is 6.61 Å². The second-order valence-electron chi connectivity index (χ2n) is 6.58. The number of nitrogens with zero attached hydrogens (tertiary/aromatic N) is 1. The molecule has 1 saturated heterocycles. The summed E-state index contributed by atoms with van der Waals surface area (Å²) in [5.74, 6) is 0.116. The number of para-hydroxylation sites is 1. The molecule has 0 bridgehead atoms. The molecular weight excluding hydrogens is 344 g/mol. The normalized spacial score (nSPS) is 14.3. The third-order valence-corrected chi connectivity index (χ3v) is 4.57. The van der Waals surface area contributed by atoms with E-state index in [-0.39, 0.29) is 24.2 Å². The van der Waals surface area contributed by atoms with Crippen molar-refractivity contribution in [2.45, 2.75) is 25.7 Å². The number of anilines is 1. The number of phenolic OH excluding ortho intramolecular Hbond substituents is 1. The molecule has 6 heteroatoms. The van der Waals surface area contributed by atoms with Crippen molar-refractivity contribution in [2.24, 2.45) is 0 Å². The molecule has 1 aliphatic heterocycles. The average molecular weight is 368 g/mol. The molecule has 0 spiro atoms. The molecule has 0 atom stereocenters. The van der Waals surface area contributed by atoms with Crippen molar-refractivity contribution in [1.82, 2.24) is 4.90 Å². The maximum absolute atomic E-state index is 12.6. The van der Waals surface area contributed by atoms with Crippen molar-refractivity contribution in [2.75, 3.05) is 25.0 Å². The second-order valence-corrected chi connectivity index (χ2v) is 6.58. The van der Waals surface area contributed by atoms with Gasteiger partial charge in [-0.1, -0.05) is 25.0 Å².